The van der Waals surface area contributed by atoms with Crippen LogP contribution in [0.5, 0.6) is 0 Å². The maximum absolute atomic E-state index is 12.8. The number of ether oxygens (including phenoxy) is 2. The average Bonchev–Trinajstić information content (AvgIpc) is 3.27. The first-order chi connectivity index (χ1) is 30.8. The van der Waals surface area contributed by atoms with E-state index >= 15 is 0 Å². The van der Waals surface area contributed by atoms with Crippen LogP contribution < -0.4 is 0 Å². The quantitative estimate of drug-likeness (QED) is 0.0101. The highest BCUT2D eigenvalue weighted by molar-refractivity contribution is 7.47. The van der Waals surface area contributed by atoms with Gasteiger partial charge in [-0.25, -0.2) is 4.57 Å². The molecule has 15 heteroatoms. The lowest BCUT2D eigenvalue weighted by Gasteiger charge is -2.41. The summed E-state index contributed by atoms with van der Waals surface area (Å²) in [7, 11) is -5.15. The van der Waals surface area contributed by atoms with Gasteiger partial charge in [-0.2, -0.15) is 0 Å². The van der Waals surface area contributed by atoms with Crippen molar-refractivity contribution < 1.29 is 68.2 Å². The van der Waals surface area contributed by atoms with Gasteiger partial charge < -0.3 is 45.0 Å². The van der Waals surface area contributed by atoms with Crippen LogP contribution >= 0.6 is 7.82 Å². The summed E-state index contributed by atoms with van der Waals surface area (Å²) in [6.45, 7) is 3.00. The lowest BCUT2D eigenvalue weighted by Crippen LogP contribution is -2.64. The summed E-state index contributed by atoms with van der Waals surface area (Å²) in [5.41, 5.74) is 0. The number of rotatable bonds is 38. The van der Waals surface area contributed by atoms with Gasteiger partial charge >= 0.3 is 19.8 Å². The summed E-state index contributed by atoms with van der Waals surface area (Å²) in [5, 5.41) is 60.0. The van der Waals surface area contributed by atoms with Crippen molar-refractivity contribution in [3.8, 4) is 0 Å². The number of aliphatic hydroxyl groups excluding tert-OH is 6. The molecule has 0 aliphatic heterocycles. The van der Waals surface area contributed by atoms with Crippen molar-refractivity contribution in [1.29, 1.82) is 0 Å². The maximum Gasteiger partial charge on any atom is 0.472 e. The summed E-state index contributed by atoms with van der Waals surface area (Å²) in [6, 6.07) is 0. The second kappa shape index (κ2) is 38.4. The molecule has 368 valence electrons. The molecular formula is C49H83O14P. The summed E-state index contributed by atoms with van der Waals surface area (Å²) in [6.07, 6.45) is 31.5. The number of hydrogen-bond acceptors (Lipinski definition) is 13. The predicted molar refractivity (Wildman–Crippen MR) is 250 cm³/mol. The highest BCUT2D eigenvalue weighted by Gasteiger charge is 2.51. The zero-order valence-electron chi connectivity index (χ0n) is 38.7. The molecule has 0 aromatic rings. The van der Waals surface area contributed by atoms with E-state index in [9.17, 15) is 49.7 Å². The Hall–Kier alpha value is -2.75. The van der Waals surface area contributed by atoms with Crippen LogP contribution in [0.25, 0.3) is 0 Å². The minimum absolute atomic E-state index is 0.00331. The van der Waals surface area contributed by atoms with Crippen molar-refractivity contribution in [2.24, 2.45) is 0 Å². The van der Waals surface area contributed by atoms with Crippen LogP contribution in [-0.4, -0.2) is 110 Å². The molecule has 1 saturated carbocycles. The van der Waals surface area contributed by atoms with Gasteiger partial charge in [0.25, 0.3) is 0 Å². The summed E-state index contributed by atoms with van der Waals surface area (Å²) < 4.78 is 33.5. The molecule has 0 aromatic heterocycles. The Kier molecular flexibility index (Phi) is 35.5. The van der Waals surface area contributed by atoms with Crippen LogP contribution in [0.4, 0.5) is 0 Å². The number of aliphatic hydroxyl groups is 6. The van der Waals surface area contributed by atoms with Crippen LogP contribution in [0.15, 0.2) is 72.9 Å². The second-order valence-corrected chi connectivity index (χ2v) is 17.8. The Morgan fingerprint density at radius 3 is 1.70 bits per heavy atom. The number of carbonyl (C=O) groups is 2. The molecule has 1 aliphatic rings. The zero-order valence-corrected chi connectivity index (χ0v) is 39.6. The smallest absolute Gasteiger partial charge is 0.462 e. The molecule has 1 aliphatic carbocycles. The van der Waals surface area contributed by atoms with Gasteiger partial charge in [0.1, 0.15) is 43.2 Å². The molecule has 64 heavy (non-hydrogen) atoms. The Balaban J connectivity index is 2.51. The van der Waals surface area contributed by atoms with E-state index in [-0.39, 0.29) is 12.8 Å². The topological polar surface area (TPSA) is 230 Å². The van der Waals surface area contributed by atoms with E-state index in [0.29, 0.717) is 32.1 Å². The van der Waals surface area contributed by atoms with Crippen LogP contribution in [0.3, 0.4) is 0 Å². The Morgan fingerprint density at radius 2 is 1.08 bits per heavy atom. The third-order valence-corrected chi connectivity index (χ3v) is 11.6. The first kappa shape index (κ1) is 59.3. The second-order valence-electron chi connectivity index (χ2n) is 16.4. The van der Waals surface area contributed by atoms with Crippen molar-refractivity contribution in [3.05, 3.63) is 72.9 Å². The number of unbranched alkanes of at least 4 members (excludes halogenated alkanes) is 14. The van der Waals surface area contributed by atoms with Gasteiger partial charge in [-0.05, 0) is 70.6 Å². The van der Waals surface area contributed by atoms with Gasteiger partial charge in [-0.1, -0.05) is 151 Å². The van der Waals surface area contributed by atoms with Crippen molar-refractivity contribution in [1.82, 2.24) is 0 Å². The van der Waals surface area contributed by atoms with E-state index in [4.69, 9.17) is 18.5 Å². The molecule has 0 spiro atoms. The van der Waals surface area contributed by atoms with Gasteiger partial charge in [0.15, 0.2) is 6.10 Å². The fraction of sp³-hybridized carbons (Fsp3) is 0.714. The molecular weight excluding hydrogens is 843 g/mol. The van der Waals surface area contributed by atoms with Gasteiger partial charge in [-0.3, -0.25) is 18.6 Å². The van der Waals surface area contributed by atoms with E-state index in [0.717, 1.165) is 44.9 Å². The molecule has 0 saturated heterocycles. The minimum Gasteiger partial charge on any atom is -0.462 e. The van der Waals surface area contributed by atoms with Crippen molar-refractivity contribution in [3.63, 3.8) is 0 Å². The maximum atomic E-state index is 12.8. The average molecular weight is 927 g/mol. The molecule has 0 heterocycles. The lowest BCUT2D eigenvalue weighted by atomic mass is 9.85. The molecule has 4 unspecified atom stereocenters. The van der Waals surface area contributed by atoms with Crippen molar-refractivity contribution >= 4 is 19.8 Å². The highest BCUT2D eigenvalue weighted by atomic mass is 31.2. The molecule has 1 rings (SSSR count). The molecule has 7 N–H and O–H groups in total. The monoisotopic (exact) mass is 927 g/mol. The molecule has 14 nitrogen and oxygen atoms in total. The van der Waals surface area contributed by atoms with Gasteiger partial charge in [-0.15, -0.1) is 0 Å². The first-order valence-electron chi connectivity index (χ1n) is 23.8. The SMILES string of the molecule is CC/C=C\C(O)C/C=C/C=C\C/C=C\C/C=C\CCCC(=O)O[C@H](COC(=O)CCCCCCCCC/C=C\CCCCCCCC)COP(=O)(O)OC1[C@H](O)[C@H](O)C(O)[C@H](O)[C@H]1O. The van der Waals surface area contributed by atoms with Crippen LogP contribution in [-0.2, 0) is 32.7 Å². The third kappa shape index (κ3) is 30.5. The Bertz CT molecular complexity index is 1410. The molecule has 0 radical (unpaired) electrons. The number of phosphoric ester groups is 1. The zero-order chi connectivity index (χ0) is 47.3. The minimum atomic E-state index is -5.15. The number of esters is 2. The lowest BCUT2D eigenvalue weighted by molar-refractivity contribution is -0.220. The number of hydrogen-bond donors (Lipinski definition) is 7. The summed E-state index contributed by atoms with van der Waals surface area (Å²) in [5.74, 6) is -1.20. The highest BCUT2D eigenvalue weighted by Crippen LogP contribution is 2.47. The first-order valence-corrected chi connectivity index (χ1v) is 25.3. The van der Waals surface area contributed by atoms with Crippen LogP contribution in [0.2, 0.25) is 0 Å². The summed E-state index contributed by atoms with van der Waals surface area (Å²) >= 11 is 0. The Labute approximate surface area is 383 Å². The standard InChI is InChI=1S/C49H83O14P/c1-3-5-7-8-9-10-11-12-13-14-15-16-20-23-26-29-32-36-42(51)60-38-41(39-61-64(58,59)63-49-47(56)45(54)44(53)46(55)48(49)57)62-43(52)37-33-30-27-24-21-18-17-19-22-25-28-31-35-40(50)34-6-4-2/h6,12-13,17-18,22,24-25,27-28,31,34,40-41,44-50,53-57H,3-5,7-11,14-16,19-21,23,26,29-30,32-33,35-39H2,1-2H3,(H,58,59)/b13-12-,18-17-,25-22-,27-24-,31-28+,34-6-/t40?,41-,44?,45-,46+,47-,48-,49?/m1/s1. The third-order valence-electron chi connectivity index (χ3n) is 10.6. The largest absolute Gasteiger partial charge is 0.472 e. The fourth-order valence-corrected chi connectivity index (χ4v) is 7.72. The molecule has 0 bridgehead atoms. The van der Waals surface area contributed by atoms with Crippen LogP contribution in [0.1, 0.15) is 162 Å². The summed E-state index contributed by atoms with van der Waals surface area (Å²) in [4.78, 5) is 35.7. The van der Waals surface area contributed by atoms with E-state index in [1.54, 1.807) is 6.08 Å². The van der Waals surface area contributed by atoms with Crippen molar-refractivity contribution in [2.75, 3.05) is 13.2 Å². The fourth-order valence-electron chi connectivity index (χ4n) is 6.75. The van der Waals surface area contributed by atoms with Crippen LogP contribution in [0, 0.1) is 0 Å². The normalized spacial score (nSPS) is 22.7. The number of phosphoric acid groups is 1. The van der Waals surface area contributed by atoms with Gasteiger partial charge in [0.05, 0.1) is 12.7 Å². The van der Waals surface area contributed by atoms with E-state index < -0.39 is 81.8 Å². The Morgan fingerprint density at radius 1 is 0.578 bits per heavy atom. The molecule has 1 fully saturated rings. The van der Waals surface area contributed by atoms with Crippen molar-refractivity contribution in [2.45, 2.75) is 210 Å². The molecule has 0 amide bonds. The van der Waals surface area contributed by atoms with Gasteiger partial charge in [0.2, 0.25) is 0 Å². The van der Waals surface area contributed by atoms with E-state index in [2.05, 4.69) is 19.1 Å². The van der Waals surface area contributed by atoms with Gasteiger partial charge in [0, 0.05) is 12.8 Å². The number of carbonyl (C=O) groups excluding carboxylic acids is 2. The molecule has 9 atom stereocenters. The predicted octanol–water partition coefficient (Wildman–Crippen LogP) is 8.47. The van der Waals surface area contributed by atoms with E-state index in [1.165, 1.54) is 57.8 Å². The van der Waals surface area contributed by atoms with E-state index in [1.807, 2.05) is 61.6 Å². The number of allylic oxidation sites excluding steroid dienone is 10. The molecule has 0 aromatic carbocycles.